The van der Waals surface area contributed by atoms with Crippen LogP contribution in [0.25, 0.3) is 0 Å². The maximum absolute atomic E-state index is 11.5. The van der Waals surface area contributed by atoms with Gasteiger partial charge in [0.05, 0.1) is 20.1 Å². The SMILES string of the molecule is CC[N+](C)(CC)C(PC)C(=O)NS. The third-order valence-electron chi connectivity index (χ3n) is 2.70. The first-order valence-corrected chi connectivity index (χ1v) is 6.53. The molecule has 2 atom stereocenters. The molecule has 0 aromatic rings. The number of thiol groups is 1. The molecule has 1 amide bonds. The van der Waals surface area contributed by atoms with E-state index >= 15 is 0 Å². The van der Waals surface area contributed by atoms with E-state index in [0.717, 1.165) is 17.6 Å². The van der Waals surface area contributed by atoms with E-state index in [4.69, 9.17) is 0 Å². The predicted molar refractivity (Wildman–Crippen MR) is 62.4 cm³/mol. The minimum absolute atomic E-state index is 0.0374. The lowest BCUT2D eigenvalue weighted by Gasteiger charge is -2.38. The second-order valence-corrected chi connectivity index (χ2v) is 4.63. The molecule has 5 heteroatoms. The van der Waals surface area contributed by atoms with Crippen LogP contribution in [0.5, 0.6) is 0 Å². The number of hydrogen-bond donors (Lipinski definition) is 2. The van der Waals surface area contributed by atoms with Gasteiger partial charge in [0.25, 0.3) is 5.91 Å². The molecule has 3 nitrogen and oxygen atoms in total. The lowest BCUT2D eigenvalue weighted by Crippen LogP contribution is -2.55. The first-order chi connectivity index (χ1) is 6.05. The maximum atomic E-state index is 11.5. The van der Waals surface area contributed by atoms with Gasteiger partial charge in [0.2, 0.25) is 0 Å². The molecule has 1 N–H and O–H groups in total. The lowest BCUT2D eigenvalue weighted by atomic mass is 10.3. The standard InChI is InChI=1S/C8H19N2OPS/c1-5-10(3,6-2)8(12-4)7(11)9-13/h8,12H,5-6H2,1-4H3,(H-,9,11,13)/p+1. The van der Waals surface area contributed by atoms with Crippen molar-refractivity contribution >= 4 is 27.3 Å². The highest BCUT2D eigenvalue weighted by Gasteiger charge is 2.33. The monoisotopic (exact) mass is 223 g/mol. The van der Waals surface area contributed by atoms with Gasteiger partial charge in [-0.05, 0) is 20.5 Å². The Kier molecular flexibility index (Phi) is 5.93. The van der Waals surface area contributed by atoms with Crippen LogP contribution in [-0.4, -0.2) is 43.0 Å². The van der Waals surface area contributed by atoms with Crippen LogP contribution in [0.3, 0.4) is 0 Å². The summed E-state index contributed by atoms with van der Waals surface area (Å²) in [6, 6.07) is 0. The Balaban J connectivity index is 4.62. The molecule has 0 saturated carbocycles. The largest absolute Gasteiger partial charge is 0.313 e. The first kappa shape index (κ1) is 13.2. The summed E-state index contributed by atoms with van der Waals surface area (Å²) in [5, 5.41) is 0. The van der Waals surface area contributed by atoms with Crippen LogP contribution < -0.4 is 4.72 Å². The van der Waals surface area contributed by atoms with Gasteiger partial charge < -0.3 is 4.48 Å². The van der Waals surface area contributed by atoms with Crippen molar-refractivity contribution in [2.75, 3.05) is 26.8 Å². The summed E-state index contributed by atoms with van der Waals surface area (Å²) in [7, 11) is 2.73. The summed E-state index contributed by atoms with van der Waals surface area (Å²) in [6.45, 7) is 8.24. The Bertz CT molecular complexity index is 174. The van der Waals surface area contributed by atoms with E-state index in [9.17, 15) is 4.79 Å². The number of nitrogens with one attached hydrogen (secondary N) is 1. The second kappa shape index (κ2) is 5.84. The molecule has 0 spiro atoms. The molecule has 0 aliphatic heterocycles. The van der Waals surface area contributed by atoms with Gasteiger partial charge in [-0.15, -0.1) is 0 Å². The molecule has 0 aliphatic rings. The van der Waals surface area contributed by atoms with Gasteiger partial charge in [-0.3, -0.25) is 9.52 Å². The van der Waals surface area contributed by atoms with Crippen molar-refractivity contribution in [2.45, 2.75) is 19.6 Å². The van der Waals surface area contributed by atoms with Crippen LogP contribution in [0.15, 0.2) is 0 Å². The molecule has 13 heavy (non-hydrogen) atoms. The zero-order chi connectivity index (χ0) is 10.5. The average molecular weight is 223 g/mol. The van der Waals surface area contributed by atoms with Crippen molar-refractivity contribution in [3.63, 3.8) is 0 Å². The Labute approximate surface area is 88.2 Å². The van der Waals surface area contributed by atoms with E-state index < -0.39 is 0 Å². The summed E-state index contributed by atoms with van der Waals surface area (Å²) >= 11 is 3.81. The number of quaternary nitrogens is 1. The molecule has 0 rings (SSSR count). The first-order valence-electron chi connectivity index (χ1n) is 4.51. The summed E-state index contributed by atoms with van der Waals surface area (Å²) in [6.07, 6.45) is 0. The smallest absolute Gasteiger partial charge is 0.291 e. The molecule has 0 radical (unpaired) electrons. The van der Waals surface area contributed by atoms with Gasteiger partial charge in [-0.1, -0.05) is 21.4 Å². The lowest BCUT2D eigenvalue weighted by molar-refractivity contribution is -0.908. The molecule has 0 bridgehead atoms. The zero-order valence-corrected chi connectivity index (χ0v) is 10.7. The van der Waals surface area contributed by atoms with Crippen LogP contribution >= 0.6 is 21.4 Å². The number of hydrogen-bond acceptors (Lipinski definition) is 2. The Morgan fingerprint density at radius 1 is 1.54 bits per heavy atom. The highest BCUT2D eigenvalue weighted by atomic mass is 32.1. The quantitative estimate of drug-likeness (QED) is 0.407. The van der Waals surface area contributed by atoms with Gasteiger partial charge in [0, 0.05) is 0 Å². The molecule has 0 aromatic heterocycles. The summed E-state index contributed by atoms with van der Waals surface area (Å²) in [5.41, 5.74) is 0. The van der Waals surface area contributed by atoms with E-state index in [2.05, 4.69) is 45.1 Å². The number of carbonyl (C=O) groups is 1. The zero-order valence-electron chi connectivity index (χ0n) is 8.79. The third-order valence-corrected chi connectivity index (χ3v) is 4.35. The number of rotatable bonds is 5. The average Bonchev–Trinajstić information content (AvgIpc) is 2.18. The van der Waals surface area contributed by atoms with Crippen molar-refractivity contribution in [3.8, 4) is 0 Å². The molecule has 0 saturated heterocycles. The van der Waals surface area contributed by atoms with Crippen LogP contribution in [0.2, 0.25) is 0 Å². The van der Waals surface area contributed by atoms with Gasteiger partial charge in [0.1, 0.15) is 0 Å². The van der Waals surface area contributed by atoms with Crippen LogP contribution in [-0.2, 0) is 4.79 Å². The normalized spacial score (nSPS) is 14.8. The van der Waals surface area contributed by atoms with Crippen molar-refractivity contribution < 1.29 is 9.28 Å². The molecule has 0 aliphatic carbocycles. The van der Waals surface area contributed by atoms with Gasteiger partial charge in [-0.25, -0.2) is 0 Å². The van der Waals surface area contributed by atoms with E-state index in [0.29, 0.717) is 8.58 Å². The van der Waals surface area contributed by atoms with Gasteiger partial charge in [0.15, 0.2) is 5.78 Å². The molecule has 2 unspecified atom stereocenters. The van der Waals surface area contributed by atoms with Crippen LogP contribution in [0.4, 0.5) is 0 Å². The molecular weight excluding hydrogens is 203 g/mol. The molecule has 0 aromatic carbocycles. The molecular formula is C8H20N2OPS+. The van der Waals surface area contributed by atoms with Crippen LogP contribution in [0.1, 0.15) is 13.8 Å². The summed E-state index contributed by atoms with van der Waals surface area (Å²) < 4.78 is 3.23. The predicted octanol–water partition coefficient (Wildman–Crippen LogP) is 1.07. The molecule has 0 heterocycles. The van der Waals surface area contributed by atoms with Crippen molar-refractivity contribution in [1.29, 1.82) is 0 Å². The minimum atomic E-state index is 0.0374. The van der Waals surface area contributed by atoms with Crippen LogP contribution in [0, 0.1) is 0 Å². The van der Waals surface area contributed by atoms with E-state index in [1.165, 1.54) is 0 Å². The highest BCUT2D eigenvalue weighted by molar-refractivity contribution is 7.78. The molecule has 78 valence electrons. The topological polar surface area (TPSA) is 29.1 Å². The van der Waals surface area contributed by atoms with E-state index in [-0.39, 0.29) is 11.7 Å². The van der Waals surface area contributed by atoms with Crippen molar-refractivity contribution in [2.24, 2.45) is 0 Å². The summed E-state index contributed by atoms with van der Waals surface area (Å²) in [4.78, 5) is 11.5. The molecule has 0 fully saturated rings. The maximum Gasteiger partial charge on any atom is 0.291 e. The Hall–Kier alpha value is 0.210. The van der Waals surface area contributed by atoms with E-state index in [1.807, 2.05) is 0 Å². The van der Waals surface area contributed by atoms with Crippen molar-refractivity contribution in [1.82, 2.24) is 4.72 Å². The Morgan fingerprint density at radius 3 is 2.23 bits per heavy atom. The fourth-order valence-electron chi connectivity index (χ4n) is 1.38. The Morgan fingerprint density at radius 2 is 2.00 bits per heavy atom. The fraction of sp³-hybridized carbons (Fsp3) is 0.875. The highest BCUT2D eigenvalue weighted by Crippen LogP contribution is 2.24. The van der Waals surface area contributed by atoms with Gasteiger partial charge >= 0.3 is 0 Å². The third kappa shape index (κ3) is 3.12. The number of nitrogens with zero attached hydrogens (tertiary/aromatic N) is 1. The van der Waals surface area contributed by atoms with E-state index in [1.54, 1.807) is 0 Å². The number of carbonyl (C=O) groups excluding carboxylic acids is 1. The summed E-state index contributed by atoms with van der Waals surface area (Å²) in [5.74, 6) is 0.0860. The van der Waals surface area contributed by atoms with Gasteiger partial charge in [-0.2, -0.15) is 0 Å². The van der Waals surface area contributed by atoms with Crippen molar-refractivity contribution in [3.05, 3.63) is 0 Å². The number of likely N-dealkylation sites (N-methyl/N-ethyl adjacent to an activating group) is 1. The minimum Gasteiger partial charge on any atom is -0.313 e. The fourth-order valence-corrected chi connectivity index (χ4v) is 2.94. The number of amides is 1. The second-order valence-electron chi connectivity index (χ2n) is 3.28.